The molecule has 0 unspecified atom stereocenters. The van der Waals surface area contributed by atoms with Crippen LogP contribution in [0.25, 0.3) is 0 Å². The molecule has 1 aromatic rings. The minimum atomic E-state index is 0.660. The molecule has 4 heteroatoms. The molecular weight excluding hydrogens is 248 g/mol. The van der Waals surface area contributed by atoms with E-state index in [1.54, 1.807) is 0 Å². The van der Waals surface area contributed by atoms with Crippen molar-refractivity contribution >= 4 is 11.5 Å². The Bertz CT molecular complexity index is 415. The lowest BCUT2D eigenvalue weighted by Crippen LogP contribution is -2.48. The number of hydrogen-bond acceptors (Lipinski definition) is 4. The molecule has 3 rings (SSSR count). The van der Waals surface area contributed by atoms with Crippen LogP contribution in [-0.2, 0) is 0 Å². The third kappa shape index (κ3) is 2.90. The molecule has 0 spiro atoms. The highest BCUT2D eigenvalue weighted by Gasteiger charge is 2.19. The lowest BCUT2D eigenvalue weighted by atomic mass is 10.2. The van der Waals surface area contributed by atoms with E-state index in [1.165, 1.54) is 31.6 Å². The van der Waals surface area contributed by atoms with E-state index in [0.717, 1.165) is 32.0 Å². The molecule has 0 N–H and O–H groups in total. The van der Waals surface area contributed by atoms with E-state index in [-0.39, 0.29) is 0 Å². The Morgan fingerprint density at radius 2 is 1.60 bits per heavy atom. The second kappa shape index (κ2) is 6.00. The first kappa shape index (κ1) is 13.7. The normalized spacial score (nSPS) is 20.9. The molecule has 2 aliphatic rings. The average Bonchev–Trinajstić information content (AvgIpc) is 3.02. The molecule has 1 aromatic heterocycles. The molecule has 110 valence electrons. The Kier molecular flexibility index (Phi) is 4.10. The van der Waals surface area contributed by atoms with Gasteiger partial charge in [0.15, 0.2) is 0 Å². The molecule has 0 bridgehead atoms. The van der Waals surface area contributed by atoms with E-state index in [4.69, 9.17) is 0 Å². The fourth-order valence-electron chi connectivity index (χ4n) is 3.20. The van der Waals surface area contributed by atoms with E-state index in [0.29, 0.717) is 6.04 Å². The summed E-state index contributed by atoms with van der Waals surface area (Å²) in [5, 5.41) is 0. The van der Waals surface area contributed by atoms with Crippen LogP contribution in [0, 0.1) is 0 Å². The minimum Gasteiger partial charge on any atom is -0.368 e. The van der Waals surface area contributed by atoms with Crippen LogP contribution in [0.1, 0.15) is 26.7 Å². The van der Waals surface area contributed by atoms with Crippen LogP contribution in [0.2, 0.25) is 0 Å². The Morgan fingerprint density at radius 3 is 2.15 bits per heavy atom. The summed E-state index contributed by atoms with van der Waals surface area (Å²) in [6, 6.07) is 5.09. The third-order valence-electron chi connectivity index (χ3n) is 4.57. The smallest absolute Gasteiger partial charge is 0.128 e. The molecule has 2 saturated heterocycles. The van der Waals surface area contributed by atoms with Crippen molar-refractivity contribution in [1.29, 1.82) is 0 Å². The second-order valence-electron chi connectivity index (χ2n) is 6.19. The van der Waals surface area contributed by atoms with E-state index in [2.05, 4.69) is 51.9 Å². The van der Waals surface area contributed by atoms with Crippen LogP contribution in [0.5, 0.6) is 0 Å². The predicted molar refractivity (Wildman–Crippen MR) is 84.6 cm³/mol. The van der Waals surface area contributed by atoms with Gasteiger partial charge in [0.05, 0.1) is 11.9 Å². The number of hydrogen-bond donors (Lipinski definition) is 0. The largest absolute Gasteiger partial charge is 0.368 e. The highest BCUT2D eigenvalue weighted by atomic mass is 15.3. The summed E-state index contributed by atoms with van der Waals surface area (Å²) in [6.07, 6.45) is 4.67. The van der Waals surface area contributed by atoms with Crippen LogP contribution < -0.4 is 9.80 Å². The Hall–Kier alpha value is -1.29. The van der Waals surface area contributed by atoms with Crippen LogP contribution in [-0.4, -0.2) is 55.2 Å². The van der Waals surface area contributed by atoms with Crippen molar-refractivity contribution in [3.05, 3.63) is 18.3 Å². The van der Waals surface area contributed by atoms with E-state index in [9.17, 15) is 0 Å². The number of nitrogens with zero attached hydrogens (tertiary/aromatic N) is 4. The first-order valence-corrected chi connectivity index (χ1v) is 7.94. The SMILES string of the molecule is CC(C)N1CCN(c2ccc(N3CCCC3)nc2)CC1. The van der Waals surface area contributed by atoms with Gasteiger partial charge in [-0.1, -0.05) is 0 Å². The second-order valence-corrected chi connectivity index (χ2v) is 6.19. The summed E-state index contributed by atoms with van der Waals surface area (Å²) >= 11 is 0. The number of anilines is 2. The van der Waals surface area contributed by atoms with Gasteiger partial charge in [-0.25, -0.2) is 4.98 Å². The predicted octanol–water partition coefficient (Wildman–Crippen LogP) is 2.21. The van der Waals surface area contributed by atoms with E-state index < -0.39 is 0 Å². The maximum atomic E-state index is 4.66. The monoisotopic (exact) mass is 274 g/mol. The summed E-state index contributed by atoms with van der Waals surface area (Å²) in [4.78, 5) is 12.1. The fraction of sp³-hybridized carbons (Fsp3) is 0.688. The molecule has 3 heterocycles. The number of pyridine rings is 1. The molecule has 0 aliphatic carbocycles. The zero-order valence-corrected chi connectivity index (χ0v) is 12.8. The van der Waals surface area contributed by atoms with Gasteiger partial charge in [0.25, 0.3) is 0 Å². The van der Waals surface area contributed by atoms with Gasteiger partial charge < -0.3 is 9.80 Å². The topological polar surface area (TPSA) is 22.6 Å². The zero-order chi connectivity index (χ0) is 13.9. The Morgan fingerprint density at radius 1 is 0.900 bits per heavy atom. The fourth-order valence-corrected chi connectivity index (χ4v) is 3.20. The minimum absolute atomic E-state index is 0.660. The highest BCUT2D eigenvalue weighted by molar-refractivity contribution is 5.51. The molecule has 0 radical (unpaired) electrons. The molecule has 2 fully saturated rings. The molecule has 0 amide bonds. The molecule has 0 saturated carbocycles. The molecular formula is C16H26N4. The van der Waals surface area contributed by atoms with Gasteiger partial charge in [-0.15, -0.1) is 0 Å². The summed E-state index contributed by atoms with van der Waals surface area (Å²) in [6.45, 7) is 11.4. The van der Waals surface area contributed by atoms with Crippen molar-refractivity contribution in [3.63, 3.8) is 0 Å². The standard InChI is InChI=1S/C16H26N4/c1-14(2)18-9-11-19(12-10-18)15-5-6-16(17-13-15)20-7-3-4-8-20/h5-6,13-14H,3-4,7-12H2,1-2H3. The maximum Gasteiger partial charge on any atom is 0.128 e. The van der Waals surface area contributed by atoms with Crippen molar-refractivity contribution in [2.24, 2.45) is 0 Å². The molecule has 4 nitrogen and oxygen atoms in total. The lowest BCUT2D eigenvalue weighted by Gasteiger charge is -2.38. The summed E-state index contributed by atoms with van der Waals surface area (Å²) in [5.41, 5.74) is 1.27. The van der Waals surface area contributed by atoms with E-state index in [1.807, 2.05) is 0 Å². The molecule has 0 aromatic carbocycles. The molecule has 20 heavy (non-hydrogen) atoms. The van der Waals surface area contributed by atoms with Crippen molar-refractivity contribution in [1.82, 2.24) is 9.88 Å². The summed E-state index contributed by atoms with van der Waals surface area (Å²) in [7, 11) is 0. The first-order valence-electron chi connectivity index (χ1n) is 7.94. The quantitative estimate of drug-likeness (QED) is 0.843. The van der Waals surface area contributed by atoms with Crippen molar-refractivity contribution in [2.75, 3.05) is 49.1 Å². The van der Waals surface area contributed by atoms with Crippen LogP contribution in [0.4, 0.5) is 11.5 Å². The first-order chi connectivity index (χ1) is 9.74. The Labute approximate surface area is 122 Å². The highest BCUT2D eigenvalue weighted by Crippen LogP contribution is 2.22. The van der Waals surface area contributed by atoms with Gasteiger partial charge in [0.2, 0.25) is 0 Å². The van der Waals surface area contributed by atoms with Crippen LogP contribution in [0.15, 0.2) is 18.3 Å². The van der Waals surface area contributed by atoms with Gasteiger partial charge in [0.1, 0.15) is 5.82 Å². The van der Waals surface area contributed by atoms with Gasteiger partial charge in [-0.05, 0) is 38.8 Å². The Balaban J connectivity index is 1.60. The van der Waals surface area contributed by atoms with Crippen LogP contribution in [0.3, 0.4) is 0 Å². The zero-order valence-electron chi connectivity index (χ0n) is 12.8. The number of rotatable bonds is 3. The lowest BCUT2D eigenvalue weighted by molar-refractivity contribution is 0.209. The van der Waals surface area contributed by atoms with Crippen molar-refractivity contribution < 1.29 is 0 Å². The van der Waals surface area contributed by atoms with Crippen molar-refractivity contribution in [2.45, 2.75) is 32.7 Å². The molecule has 0 atom stereocenters. The van der Waals surface area contributed by atoms with Gasteiger partial charge in [-0.3, -0.25) is 4.90 Å². The molecule has 2 aliphatic heterocycles. The van der Waals surface area contributed by atoms with Crippen LogP contribution >= 0.6 is 0 Å². The third-order valence-corrected chi connectivity index (χ3v) is 4.57. The summed E-state index contributed by atoms with van der Waals surface area (Å²) in [5.74, 6) is 1.15. The van der Waals surface area contributed by atoms with E-state index >= 15 is 0 Å². The maximum absolute atomic E-state index is 4.66. The number of aromatic nitrogens is 1. The van der Waals surface area contributed by atoms with Gasteiger partial charge >= 0.3 is 0 Å². The van der Waals surface area contributed by atoms with Gasteiger partial charge in [-0.2, -0.15) is 0 Å². The number of piperazine rings is 1. The summed E-state index contributed by atoms with van der Waals surface area (Å²) < 4.78 is 0. The van der Waals surface area contributed by atoms with Gasteiger partial charge in [0, 0.05) is 45.3 Å². The average molecular weight is 274 g/mol. The van der Waals surface area contributed by atoms with Crippen molar-refractivity contribution in [3.8, 4) is 0 Å².